The van der Waals surface area contributed by atoms with E-state index >= 15 is 0 Å². The highest BCUT2D eigenvalue weighted by molar-refractivity contribution is 7.89. The molecule has 2 fully saturated rings. The van der Waals surface area contributed by atoms with Crippen molar-refractivity contribution >= 4 is 15.9 Å². The number of aryl methyl sites for hydroxylation is 1. The van der Waals surface area contributed by atoms with Crippen LogP contribution in [0.4, 0.5) is 0 Å². The molecule has 7 heteroatoms. The normalized spacial score (nSPS) is 21.5. The van der Waals surface area contributed by atoms with Gasteiger partial charge in [-0.15, -0.1) is 0 Å². The summed E-state index contributed by atoms with van der Waals surface area (Å²) in [6.07, 6.45) is 2.12. The Morgan fingerprint density at radius 1 is 1.12 bits per heavy atom. The van der Waals surface area contributed by atoms with Gasteiger partial charge in [-0.05, 0) is 37.9 Å². The molecule has 0 radical (unpaired) electrons. The molecule has 1 aromatic carbocycles. The van der Waals surface area contributed by atoms with E-state index in [1.807, 2.05) is 30.3 Å². The Morgan fingerprint density at radius 2 is 1.75 bits per heavy atom. The molecule has 2 aliphatic rings. The van der Waals surface area contributed by atoms with Gasteiger partial charge >= 0.3 is 0 Å². The first kappa shape index (κ1) is 17.4. The Balaban J connectivity index is 1.45. The lowest BCUT2D eigenvalue weighted by Gasteiger charge is -2.46. The lowest BCUT2D eigenvalue weighted by molar-refractivity contribution is -0.123. The fraction of sp³-hybridized carbons (Fsp3) is 0.588. The fourth-order valence-corrected chi connectivity index (χ4v) is 4.99. The number of nitrogens with two attached hydrogens (primary N) is 1. The number of primary amides is 1. The molecule has 0 aliphatic carbocycles. The molecule has 2 N–H and O–H groups in total. The minimum atomic E-state index is -3.18. The number of hydrogen-bond donors (Lipinski definition) is 1. The van der Waals surface area contributed by atoms with E-state index in [4.69, 9.17) is 5.73 Å². The number of rotatable bonds is 6. The van der Waals surface area contributed by atoms with Gasteiger partial charge in [-0.3, -0.25) is 9.69 Å². The first-order valence-electron chi connectivity index (χ1n) is 8.51. The van der Waals surface area contributed by atoms with Gasteiger partial charge in [0.05, 0.1) is 5.75 Å². The van der Waals surface area contributed by atoms with Gasteiger partial charge in [0.25, 0.3) is 0 Å². The van der Waals surface area contributed by atoms with E-state index in [1.54, 1.807) is 4.31 Å². The largest absolute Gasteiger partial charge is 0.369 e. The van der Waals surface area contributed by atoms with E-state index in [0.717, 1.165) is 31.5 Å². The van der Waals surface area contributed by atoms with E-state index in [0.29, 0.717) is 19.5 Å². The lowest BCUT2D eigenvalue weighted by atomic mass is 9.94. The SMILES string of the molecule is NC(=O)C1CCN(C2CN(S(=O)(=O)CCc3ccccc3)C2)CC1. The Labute approximate surface area is 143 Å². The highest BCUT2D eigenvalue weighted by atomic mass is 32.2. The Morgan fingerprint density at radius 3 is 2.33 bits per heavy atom. The number of piperidine rings is 1. The number of carbonyl (C=O) groups excluding carboxylic acids is 1. The van der Waals surface area contributed by atoms with Crippen LogP contribution in [-0.4, -0.2) is 61.5 Å². The number of nitrogens with zero attached hydrogens (tertiary/aromatic N) is 2. The molecule has 6 nitrogen and oxygen atoms in total. The summed E-state index contributed by atoms with van der Waals surface area (Å²) >= 11 is 0. The van der Waals surface area contributed by atoms with Crippen LogP contribution in [0.15, 0.2) is 30.3 Å². The second-order valence-corrected chi connectivity index (χ2v) is 8.82. The van der Waals surface area contributed by atoms with Gasteiger partial charge < -0.3 is 5.73 Å². The Kier molecular flexibility index (Phi) is 5.22. The van der Waals surface area contributed by atoms with Crippen molar-refractivity contribution in [1.29, 1.82) is 0 Å². The van der Waals surface area contributed by atoms with Gasteiger partial charge in [0, 0.05) is 25.0 Å². The molecule has 0 bridgehead atoms. The molecule has 2 aliphatic heterocycles. The summed E-state index contributed by atoms with van der Waals surface area (Å²) in [6.45, 7) is 2.79. The number of benzene rings is 1. The summed E-state index contributed by atoms with van der Waals surface area (Å²) in [5.41, 5.74) is 6.40. The molecule has 2 heterocycles. The molecule has 24 heavy (non-hydrogen) atoms. The summed E-state index contributed by atoms with van der Waals surface area (Å²) in [6, 6.07) is 9.98. The predicted octanol–water partition coefficient (Wildman–Crippen LogP) is 0.440. The van der Waals surface area contributed by atoms with E-state index in [1.165, 1.54) is 0 Å². The van der Waals surface area contributed by atoms with Crippen LogP contribution in [0.1, 0.15) is 18.4 Å². The second kappa shape index (κ2) is 7.21. The molecule has 3 rings (SSSR count). The van der Waals surface area contributed by atoms with Crippen molar-refractivity contribution in [3.05, 3.63) is 35.9 Å². The van der Waals surface area contributed by atoms with E-state index in [9.17, 15) is 13.2 Å². The minimum absolute atomic E-state index is 0.0213. The van der Waals surface area contributed by atoms with Gasteiger partial charge in [-0.25, -0.2) is 8.42 Å². The third-order valence-electron chi connectivity index (χ3n) is 5.16. The number of hydrogen-bond acceptors (Lipinski definition) is 4. The zero-order valence-electron chi connectivity index (χ0n) is 13.8. The molecule has 0 unspecified atom stereocenters. The quantitative estimate of drug-likeness (QED) is 0.806. The first-order chi connectivity index (χ1) is 11.5. The summed E-state index contributed by atoms with van der Waals surface area (Å²) in [5, 5.41) is 0. The smallest absolute Gasteiger partial charge is 0.220 e. The summed E-state index contributed by atoms with van der Waals surface area (Å²) in [7, 11) is -3.18. The van der Waals surface area contributed by atoms with Crippen LogP contribution in [-0.2, 0) is 21.2 Å². The number of carbonyl (C=O) groups is 1. The maximum Gasteiger partial charge on any atom is 0.220 e. The standard InChI is InChI=1S/C17H25N3O3S/c18-17(21)15-6-9-19(10-7-15)16-12-20(13-16)24(22,23)11-8-14-4-2-1-3-5-14/h1-5,15-16H,6-13H2,(H2,18,21). The van der Waals surface area contributed by atoms with Crippen molar-refractivity contribution in [3.8, 4) is 0 Å². The fourth-order valence-electron chi connectivity index (χ4n) is 3.44. The van der Waals surface area contributed by atoms with Crippen molar-refractivity contribution < 1.29 is 13.2 Å². The highest BCUT2D eigenvalue weighted by Gasteiger charge is 2.39. The first-order valence-corrected chi connectivity index (χ1v) is 10.1. The number of amides is 1. The van der Waals surface area contributed by atoms with Crippen molar-refractivity contribution in [2.75, 3.05) is 31.9 Å². The van der Waals surface area contributed by atoms with E-state index in [2.05, 4.69) is 4.90 Å². The Hall–Kier alpha value is -1.44. The van der Waals surface area contributed by atoms with Crippen LogP contribution >= 0.6 is 0 Å². The Bertz CT molecular complexity index is 664. The van der Waals surface area contributed by atoms with E-state index in [-0.39, 0.29) is 23.6 Å². The van der Waals surface area contributed by atoms with Crippen molar-refractivity contribution in [3.63, 3.8) is 0 Å². The van der Waals surface area contributed by atoms with Crippen LogP contribution in [0, 0.1) is 5.92 Å². The molecule has 0 atom stereocenters. The highest BCUT2D eigenvalue weighted by Crippen LogP contribution is 2.25. The minimum Gasteiger partial charge on any atom is -0.369 e. The number of sulfonamides is 1. The second-order valence-electron chi connectivity index (χ2n) is 6.74. The van der Waals surface area contributed by atoms with Crippen LogP contribution in [0.5, 0.6) is 0 Å². The van der Waals surface area contributed by atoms with Gasteiger partial charge in [-0.2, -0.15) is 4.31 Å². The summed E-state index contributed by atoms with van der Waals surface area (Å²) in [5.74, 6) is -0.0755. The third-order valence-corrected chi connectivity index (χ3v) is 6.97. The zero-order chi connectivity index (χ0) is 17.2. The van der Waals surface area contributed by atoms with Crippen LogP contribution < -0.4 is 5.73 Å². The molecule has 0 spiro atoms. The lowest BCUT2D eigenvalue weighted by Crippen LogP contribution is -2.62. The molecule has 0 aromatic heterocycles. The summed E-state index contributed by atoms with van der Waals surface area (Å²) < 4.78 is 26.4. The monoisotopic (exact) mass is 351 g/mol. The van der Waals surface area contributed by atoms with Crippen molar-refractivity contribution in [2.45, 2.75) is 25.3 Å². The average molecular weight is 351 g/mol. The third kappa shape index (κ3) is 3.96. The van der Waals surface area contributed by atoms with Crippen molar-refractivity contribution in [2.24, 2.45) is 11.7 Å². The van der Waals surface area contributed by atoms with Crippen LogP contribution in [0.2, 0.25) is 0 Å². The topological polar surface area (TPSA) is 83.7 Å². The van der Waals surface area contributed by atoms with Crippen LogP contribution in [0.25, 0.3) is 0 Å². The molecule has 132 valence electrons. The van der Waals surface area contributed by atoms with Crippen molar-refractivity contribution in [1.82, 2.24) is 9.21 Å². The maximum atomic E-state index is 12.4. The zero-order valence-corrected chi connectivity index (χ0v) is 14.6. The maximum absolute atomic E-state index is 12.4. The number of likely N-dealkylation sites (tertiary alicyclic amines) is 1. The predicted molar refractivity (Wildman–Crippen MR) is 92.8 cm³/mol. The molecular weight excluding hydrogens is 326 g/mol. The molecule has 1 aromatic rings. The molecule has 2 saturated heterocycles. The van der Waals surface area contributed by atoms with Gasteiger partial charge in [0.1, 0.15) is 0 Å². The molecular formula is C17H25N3O3S. The average Bonchev–Trinajstić information content (AvgIpc) is 2.53. The van der Waals surface area contributed by atoms with Gasteiger partial charge in [-0.1, -0.05) is 30.3 Å². The summed E-state index contributed by atoms with van der Waals surface area (Å²) in [4.78, 5) is 13.5. The molecule has 1 amide bonds. The van der Waals surface area contributed by atoms with Gasteiger partial charge in [0.15, 0.2) is 0 Å². The van der Waals surface area contributed by atoms with Gasteiger partial charge in [0.2, 0.25) is 15.9 Å². The van der Waals surface area contributed by atoms with E-state index < -0.39 is 10.0 Å². The molecule has 0 saturated carbocycles. The van der Waals surface area contributed by atoms with Crippen LogP contribution in [0.3, 0.4) is 0 Å².